The number of carbonyl (C=O) groups is 1. The minimum absolute atomic E-state index is 0.193. The van der Waals surface area contributed by atoms with Crippen molar-refractivity contribution in [1.82, 2.24) is 25.0 Å². The van der Waals surface area contributed by atoms with E-state index in [4.69, 9.17) is 0 Å². The van der Waals surface area contributed by atoms with Crippen LogP contribution in [-0.4, -0.2) is 45.2 Å². The Morgan fingerprint density at radius 3 is 2.45 bits per heavy atom. The fourth-order valence-electron chi connectivity index (χ4n) is 3.29. The van der Waals surface area contributed by atoms with Crippen LogP contribution in [0.15, 0.2) is 60.7 Å². The molecule has 150 valence electrons. The summed E-state index contributed by atoms with van der Waals surface area (Å²) >= 11 is 0. The van der Waals surface area contributed by atoms with Crippen molar-refractivity contribution in [1.29, 1.82) is 0 Å². The molecule has 6 nitrogen and oxygen atoms in total. The van der Waals surface area contributed by atoms with Gasteiger partial charge in [-0.25, -0.2) is 9.67 Å². The van der Waals surface area contributed by atoms with E-state index >= 15 is 0 Å². The van der Waals surface area contributed by atoms with Gasteiger partial charge in [0.25, 0.3) is 5.91 Å². The maximum Gasteiger partial charge on any atom is 0.291 e. The number of aromatic nitrogens is 3. The van der Waals surface area contributed by atoms with E-state index in [-0.39, 0.29) is 17.8 Å². The largest absolute Gasteiger partial charge is 0.348 e. The third-order valence-corrected chi connectivity index (χ3v) is 5.36. The molecule has 1 aromatic heterocycles. The van der Waals surface area contributed by atoms with Crippen LogP contribution in [0.5, 0.6) is 0 Å². The first kappa shape index (κ1) is 19.3. The second-order valence-corrected chi connectivity index (χ2v) is 7.77. The quantitative estimate of drug-likeness (QED) is 0.641. The van der Waals surface area contributed by atoms with Crippen molar-refractivity contribution in [2.75, 3.05) is 13.6 Å². The zero-order valence-electron chi connectivity index (χ0n) is 17.0. The van der Waals surface area contributed by atoms with Gasteiger partial charge in [0.15, 0.2) is 0 Å². The average Bonchev–Trinajstić information content (AvgIpc) is 3.51. The maximum atomic E-state index is 12.7. The third-order valence-electron chi connectivity index (χ3n) is 5.36. The van der Waals surface area contributed by atoms with Gasteiger partial charge in [-0.1, -0.05) is 48.5 Å². The Balaban J connectivity index is 1.40. The predicted molar refractivity (Wildman–Crippen MR) is 113 cm³/mol. The average molecular weight is 390 g/mol. The molecule has 0 radical (unpaired) electrons. The molecule has 1 atom stereocenters. The van der Waals surface area contributed by atoms with E-state index in [1.165, 1.54) is 5.56 Å². The summed E-state index contributed by atoms with van der Waals surface area (Å²) < 4.78 is 1.82. The van der Waals surface area contributed by atoms with Crippen molar-refractivity contribution in [2.24, 2.45) is 0 Å². The monoisotopic (exact) mass is 389 g/mol. The van der Waals surface area contributed by atoms with Crippen LogP contribution in [0.1, 0.15) is 47.7 Å². The molecule has 0 aliphatic heterocycles. The van der Waals surface area contributed by atoms with E-state index < -0.39 is 0 Å². The highest BCUT2D eigenvalue weighted by atomic mass is 16.2. The van der Waals surface area contributed by atoms with E-state index in [0.717, 1.165) is 30.9 Å². The van der Waals surface area contributed by atoms with Crippen LogP contribution in [0.2, 0.25) is 0 Å². The van der Waals surface area contributed by atoms with Crippen molar-refractivity contribution in [3.63, 3.8) is 0 Å². The second kappa shape index (κ2) is 8.57. The lowest BCUT2D eigenvalue weighted by atomic mass is 10.2. The van der Waals surface area contributed by atoms with Crippen molar-refractivity contribution in [3.05, 3.63) is 77.9 Å². The number of hydrogen-bond donors (Lipinski definition) is 1. The summed E-state index contributed by atoms with van der Waals surface area (Å²) in [5.74, 6) is 1.31. The standard InChI is InChI=1S/C23H27N5O/c1-17(27(2)16-18-9-5-3-6-10-18)15-24-23(29)21-25-22(19-13-14-19)28(26-21)20-11-7-4-8-12-20/h3-12,17,19H,13-16H2,1-2H3,(H,24,29). The summed E-state index contributed by atoms with van der Waals surface area (Å²) in [6.45, 7) is 3.49. The first-order valence-electron chi connectivity index (χ1n) is 10.2. The molecule has 1 aliphatic rings. The Hall–Kier alpha value is -2.99. The van der Waals surface area contributed by atoms with E-state index in [1.807, 2.05) is 53.2 Å². The Morgan fingerprint density at radius 1 is 1.14 bits per heavy atom. The van der Waals surface area contributed by atoms with E-state index in [9.17, 15) is 4.79 Å². The number of nitrogens with zero attached hydrogens (tertiary/aromatic N) is 4. The highest BCUT2D eigenvalue weighted by molar-refractivity contribution is 5.90. The van der Waals surface area contributed by atoms with Gasteiger partial charge in [-0.15, -0.1) is 5.10 Å². The number of rotatable bonds is 8. The number of hydrogen-bond acceptors (Lipinski definition) is 4. The number of likely N-dealkylation sites (N-methyl/N-ethyl adjacent to an activating group) is 1. The fourth-order valence-corrected chi connectivity index (χ4v) is 3.29. The van der Waals surface area contributed by atoms with Gasteiger partial charge in [-0.05, 0) is 44.5 Å². The van der Waals surface area contributed by atoms with Crippen LogP contribution in [0, 0.1) is 0 Å². The smallest absolute Gasteiger partial charge is 0.291 e. The Labute approximate surface area is 171 Å². The van der Waals surface area contributed by atoms with Gasteiger partial charge in [0.1, 0.15) is 5.82 Å². The molecule has 0 spiro atoms. The van der Waals surface area contributed by atoms with Gasteiger partial charge < -0.3 is 5.32 Å². The summed E-state index contributed by atoms with van der Waals surface area (Å²) in [7, 11) is 2.07. The van der Waals surface area contributed by atoms with Gasteiger partial charge in [-0.3, -0.25) is 9.69 Å². The lowest BCUT2D eigenvalue weighted by Crippen LogP contribution is -2.40. The number of benzene rings is 2. The van der Waals surface area contributed by atoms with Crippen molar-refractivity contribution < 1.29 is 4.79 Å². The van der Waals surface area contributed by atoms with Gasteiger partial charge in [0.05, 0.1) is 5.69 Å². The lowest BCUT2D eigenvalue weighted by molar-refractivity contribution is 0.0929. The molecule has 1 unspecified atom stereocenters. The molecule has 1 heterocycles. The van der Waals surface area contributed by atoms with Gasteiger partial charge in [0, 0.05) is 25.0 Å². The lowest BCUT2D eigenvalue weighted by Gasteiger charge is -2.24. The number of nitrogens with one attached hydrogen (secondary N) is 1. The van der Waals surface area contributed by atoms with Gasteiger partial charge >= 0.3 is 0 Å². The van der Waals surface area contributed by atoms with Crippen molar-refractivity contribution in [2.45, 2.75) is 38.3 Å². The molecular formula is C23H27N5O. The maximum absolute atomic E-state index is 12.7. The molecule has 0 bridgehead atoms. The summed E-state index contributed by atoms with van der Waals surface area (Å²) in [6.07, 6.45) is 2.21. The molecule has 1 N–H and O–H groups in total. The molecule has 29 heavy (non-hydrogen) atoms. The number of carbonyl (C=O) groups excluding carboxylic acids is 1. The molecule has 1 fully saturated rings. The molecule has 1 saturated carbocycles. The summed E-state index contributed by atoms with van der Waals surface area (Å²) in [4.78, 5) is 19.5. The Bertz CT molecular complexity index is 950. The predicted octanol–water partition coefficient (Wildman–Crippen LogP) is 3.40. The van der Waals surface area contributed by atoms with Crippen LogP contribution >= 0.6 is 0 Å². The normalized spacial score (nSPS) is 14.7. The van der Waals surface area contributed by atoms with Crippen LogP contribution in [0.4, 0.5) is 0 Å². The molecule has 0 saturated heterocycles. The van der Waals surface area contributed by atoms with Crippen molar-refractivity contribution in [3.8, 4) is 5.69 Å². The second-order valence-electron chi connectivity index (χ2n) is 7.77. The van der Waals surface area contributed by atoms with Gasteiger partial charge in [0.2, 0.25) is 5.82 Å². The first-order valence-corrected chi connectivity index (χ1v) is 10.2. The Morgan fingerprint density at radius 2 is 1.79 bits per heavy atom. The summed E-state index contributed by atoms with van der Waals surface area (Å²) in [6, 6.07) is 20.4. The Kier molecular flexibility index (Phi) is 5.71. The van der Waals surface area contributed by atoms with Crippen LogP contribution in [-0.2, 0) is 6.54 Å². The fraction of sp³-hybridized carbons (Fsp3) is 0.348. The van der Waals surface area contributed by atoms with E-state index in [1.54, 1.807) is 0 Å². The molecule has 6 heteroatoms. The zero-order valence-corrected chi connectivity index (χ0v) is 17.0. The molecule has 4 rings (SSSR count). The summed E-state index contributed by atoms with van der Waals surface area (Å²) in [5.41, 5.74) is 2.20. The highest BCUT2D eigenvalue weighted by Crippen LogP contribution is 2.39. The number of amides is 1. The minimum Gasteiger partial charge on any atom is -0.348 e. The van der Waals surface area contributed by atoms with Crippen LogP contribution < -0.4 is 5.32 Å². The summed E-state index contributed by atoms with van der Waals surface area (Å²) in [5, 5.41) is 7.51. The zero-order chi connectivity index (χ0) is 20.2. The van der Waals surface area contributed by atoms with Crippen molar-refractivity contribution >= 4 is 5.91 Å². The molecule has 2 aromatic carbocycles. The third kappa shape index (κ3) is 4.71. The molecule has 1 amide bonds. The highest BCUT2D eigenvalue weighted by Gasteiger charge is 2.31. The molecule has 3 aromatic rings. The topological polar surface area (TPSA) is 63.1 Å². The minimum atomic E-state index is -0.221. The SMILES string of the molecule is CC(CNC(=O)c1nc(C2CC2)n(-c2ccccc2)n1)N(C)Cc1ccccc1. The number of para-hydroxylation sites is 1. The van der Waals surface area contributed by atoms with Crippen LogP contribution in [0.3, 0.4) is 0 Å². The van der Waals surface area contributed by atoms with E-state index in [0.29, 0.717) is 12.5 Å². The molecule has 1 aliphatic carbocycles. The van der Waals surface area contributed by atoms with Gasteiger partial charge in [-0.2, -0.15) is 0 Å². The first-order chi connectivity index (χ1) is 14.1. The van der Waals surface area contributed by atoms with Crippen LogP contribution in [0.25, 0.3) is 5.69 Å². The van der Waals surface area contributed by atoms with E-state index in [2.05, 4.69) is 46.4 Å². The molecular weight excluding hydrogens is 362 g/mol.